The van der Waals surface area contributed by atoms with Crippen LogP contribution in [0.4, 0.5) is 0 Å². The molecule has 0 saturated carbocycles. The number of allylic oxidation sites excluding steroid dienone is 4. The van der Waals surface area contributed by atoms with Crippen molar-refractivity contribution in [2.45, 2.75) is 72.1 Å². The Morgan fingerprint density at radius 2 is 1.48 bits per heavy atom. The standard InChI is InChI=1S/C10H14.C10H13.C10H9.2ClH.Zr/c3*1-8-6-7-9-4-2-3-5-10(8)9;;;/h6-8H,2-5H2,1H3;6-7H,2-5H2,1H3;2-7H,1H3;2*1H;/q;2*-1;;;+4/p-2. The van der Waals surface area contributed by atoms with E-state index in [2.05, 4.69) is 81.5 Å². The van der Waals surface area contributed by atoms with Crippen molar-refractivity contribution >= 4 is 27.8 Å². The van der Waals surface area contributed by atoms with Crippen LogP contribution >= 0.6 is 17.0 Å². The SMILES string of the molecule is CC1C=CC2=C1CCCC2.C[c-]1ccc2c1CCCC2.C[c-]1ccc2ccccc21.[Cl][Zr+2][Cl]. The Labute approximate surface area is 219 Å². The van der Waals surface area contributed by atoms with Crippen molar-refractivity contribution in [1.82, 2.24) is 0 Å². The van der Waals surface area contributed by atoms with Crippen molar-refractivity contribution in [2.24, 2.45) is 5.92 Å². The van der Waals surface area contributed by atoms with Crippen molar-refractivity contribution in [3.63, 3.8) is 0 Å². The van der Waals surface area contributed by atoms with Gasteiger partial charge in [-0.1, -0.05) is 70.2 Å². The van der Waals surface area contributed by atoms with Gasteiger partial charge >= 0.3 is 37.9 Å². The van der Waals surface area contributed by atoms with Gasteiger partial charge in [0.25, 0.3) is 0 Å². The zero-order chi connectivity index (χ0) is 23.6. The van der Waals surface area contributed by atoms with Crippen molar-refractivity contribution in [3.05, 3.63) is 94.1 Å². The summed E-state index contributed by atoms with van der Waals surface area (Å²) in [6, 6.07) is 17.3. The molecule has 3 aliphatic carbocycles. The van der Waals surface area contributed by atoms with E-state index in [9.17, 15) is 0 Å². The fourth-order valence-electron chi connectivity index (χ4n) is 5.23. The summed E-state index contributed by atoms with van der Waals surface area (Å²) >= 11 is -0.826. The fourth-order valence-corrected chi connectivity index (χ4v) is 5.23. The molecule has 0 amide bonds. The molecule has 0 fully saturated rings. The summed E-state index contributed by atoms with van der Waals surface area (Å²) < 4.78 is 0. The summed E-state index contributed by atoms with van der Waals surface area (Å²) in [4.78, 5) is 0. The predicted molar refractivity (Wildman–Crippen MR) is 143 cm³/mol. The molecule has 0 N–H and O–H groups in total. The minimum absolute atomic E-state index is 0.760. The number of benzene rings is 1. The third kappa shape index (κ3) is 7.55. The van der Waals surface area contributed by atoms with Crippen LogP contribution in [0.1, 0.15) is 67.7 Å². The van der Waals surface area contributed by atoms with Crippen molar-refractivity contribution in [2.75, 3.05) is 0 Å². The molecule has 1 unspecified atom stereocenters. The van der Waals surface area contributed by atoms with Gasteiger partial charge in [-0.3, -0.25) is 0 Å². The van der Waals surface area contributed by atoms with Crippen LogP contribution in [0.25, 0.3) is 10.8 Å². The topological polar surface area (TPSA) is 0 Å². The third-order valence-corrected chi connectivity index (χ3v) is 7.11. The van der Waals surface area contributed by atoms with Crippen LogP contribution in [0.2, 0.25) is 0 Å². The Kier molecular flexibility index (Phi) is 11.2. The van der Waals surface area contributed by atoms with Crippen LogP contribution in [0.15, 0.2) is 71.8 Å². The van der Waals surface area contributed by atoms with Gasteiger partial charge in [0, 0.05) is 0 Å². The van der Waals surface area contributed by atoms with Crippen LogP contribution in [-0.2, 0) is 33.7 Å². The van der Waals surface area contributed by atoms with Crippen molar-refractivity contribution < 1.29 is 20.8 Å². The Balaban J connectivity index is 0.000000131. The molecule has 1 atom stereocenters. The molecule has 174 valence electrons. The summed E-state index contributed by atoms with van der Waals surface area (Å²) in [5, 5.41) is 2.72. The van der Waals surface area contributed by atoms with Gasteiger partial charge in [-0.15, -0.1) is 34.5 Å². The average molecular weight is 559 g/mol. The number of fused-ring (bicyclic) bond motifs is 2. The summed E-state index contributed by atoms with van der Waals surface area (Å²) in [5.74, 6) is 0.760. The Morgan fingerprint density at radius 3 is 2.21 bits per heavy atom. The number of hydrogen-bond acceptors (Lipinski definition) is 0. The van der Waals surface area contributed by atoms with Gasteiger partial charge in [0.15, 0.2) is 0 Å². The normalized spacial score (nSPS) is 18.0. The van der Waals surface area contributed by atoms with E-state index in [1.165, 1.54) is 73.3 Å². The third-order valence-electron chi connectivity index (χ3n) is 7.11. The van der Waals surface area contributed by atoms with E-state index in [4.69, 9.17) is 17.0 Å². The maximum atomic E-state index is 4.93. The molecule has 0 bridgehead atoms. The summed E-state index contributed by atoms with van der Waals surface area (Å²) in [6.45, 7) is 6.68. The molecule has 0 heterocycles. The first-order valence-corrected chi connectivity index (χ1v) is 18.6. The molecule has 0 radical (unpaired) electrons. The predicted octanol–water partition coefficient (Wildman–Crippen LogP) is 9.90. The Hall–Kier alpha value is -0.877. The second-order valence-corrected chi connectivity index (χ2v) is 13.0. The zero-order valence-corrected chi connectivity index (χ0v) is 24.2. The quantitative estimate of drug-likeness (QED) is 0.241. The molecule has 3 heteroatoms. The zero-order valence-electron chi connectivity index (χ0n) is 20.3. The Bertz CT molecular complexity index is 1070. The van der Waals surface area contributed by atoms with E-state index in [1.807, 2.05) is 0 Å². The van der Waals surface area contributed by atoms with Crippen LogP contribution in [0.5, 0.6) is 0 Å². The molecule has 0 aromatic heterocycles. The number of aryl methyl sites for hydroxylation is 3. The van der Waals surface area contributed by atoms with Crippen LogP contribution < -0.4 is 0 Å². The molecule has 0 spiro atoms. The van der Waals surface area contributed by atoms with E-state index >= 15 is 0 Å². The first kappa shape index (κ1) is 26.7. The molecule has 3 aromatic carbocycles. The van der Waals surface area contributed by atoms with Crippen LogP contribution in [-0.4, -0.2) is 0 Å². The van der Waals surface area contributed by atoms with E-state index in [-0.39, 0.29) is 0 Å². The van der Waals surface area contributed by atoms with Gasteiger partial charge in [-0.05, 0) is 37.2 Å². The molecule has 3 aliphatic rings. The summed E-state index contributed by atoms with van der Waals surface area (Å²) in [6.07, 6.45) is 15.7. The molecule has 0 saturated heterocycles. The minimum atomic E-state index is -0.826. The van der Waals surface area contributed by atoms with Crippen molar-refractivity contribution in [1.29, 1.82) is 0 Å². The van der Waals surface area contributed by atoms with Crippen LogP contribution in [0, 0.1) is 19.8 Å². The second-order valence-electron chi connectivity index (χ2n) is 9.31. The van der Waals surface area contributed by atoms with Gasteiger partial charge in [0.05, 0.1) is 0 Å². The summed E-state index contributed by atoms with van der Waals surface area (Å²) in [7, 11) is 9.87. The number of halogens is 2. The molecule has 3 aromatic rings. The first-order valence-electron chi connectivity index (χ1n) is 12.3. The van der Waals surface area contributed by atoms with Gasteiger partial charge in [-0.2, -0.15) is 34.9 Å². The van der Waals surface area contributed by atoms with Gasteiger partial charge in [0.2, 0.25) is 0 Å². The Morgan fingerprint density at radius 1 is 0.818 bits per heavy atom. The molecule has 0 aliphatic heterocycles. The molecule has 6 rings (SSSR count). The number of rotatable bonds is 0. The average Bonchev–Trinajstić information content (AvgIpc) is 3.54. The molecular weight excluding hydrogens is 522 g/mol. The van der Waals surface area contributed by atoms with E-state index < -0.39 is 20.8 Å². The monoisotopic (exact) mass is 556 g/mol. The van der Waals surface area contributed by atoms with E-state index in [1.54, 1.807) is 22.3 Å². The first-order chi connectivity index (χ1) is 16.0. The second kappa shape index (κ2) is 13.9. The van der Waals surface area contributed by atoms with Crippen LogP contribution in [0.3, 0.4) is 0 Å². The molecule has 33 heavy (non-hydrogen) atoms. The van der Waals surface area contributed by atoms with Gasteiger partial charge in [0.1, 0.15) is 0 Å². The van der Waals surface area contributed by atoms with Crippen molar-refractivity contribution in [3.8, 4) is 0 Å². The fraction of sp³-hybridized carbons (Fsp3) is 0.400. The van der Waals surface area contributed by atoms with E-state index in [0.717, 1.165) is 5.92 Å². The molecule has 0 nitrogen and oxygen atoms in total. The molecular formula is C30H36Cl2Zr. The van der Waals surface area contributed by atoms with Gasteiger partial charge < -0.3 is 0 Å². The van der Waals surface area contributed by atoms with Gasteiger partial charge in [-0.25, -0.2) is 6.07 Å². The summed E-state index contributed by atoms with van der Waals surface area (Å²) in [5.41, 5.74) is 9.52. The van der Waals surface area contributed by atoms with E-state index in [0.29, 0.717) is 0 Å². The maximum absolute atomic E-state index is 4.93. The number of hydrogen-bond donors (Lipinski definition) is 0.